The zero-order chi connectivity index (χ0) is 15.8. The summed E-state index contributed by atoms with van der Waals surface area (Å²) in [5.74, 6) is 0. The van der Waals surface area contributed by atoms with Crippen molar-refractivity contribution in [3.05, 3.63) is 0 Å². The normalized spacial score (nSPS) is 16.1. The van der Waals surface area contributed by atoms with Gasteiger partial charge < -0.3 is 18.1 Å². The van der Waals surface area contributed by atoms with Gasteiger partial charge in [-0.3, -0.25) is 9.13 Å². The highest BCUT2D eigenvalue weighted by Gasteiger charge is 2.45. The highest BCUT2D eigenvalue weighted by Crippen LogP contribution is 2.63. The summed E-state index contributed by atoms with van der Waals surface area (Å²) in [6.45, 7) is 11.4. The lowest BCUT2D eigenvalue weighted by molar-refractivity contribution is 0.197. The largest absolute Gasteiger partial charge is 0.334 e. The Kier molecular flexibility index (Phi) is 9.48. The van der Waals surface area contributed by atoms with Crippen LogP contribution < -0.4 is 0 Å². The SMILES string of the molecule is CCOP(=O)(OCC)C(C)C(C)P(=O)(OCC)OCC. The van der Waals surface area contributed by atoms with Gasteiger partial charge >= 0.3 is 15.2 Å². The second-order valence-electron chi connectivity index (χ2n) is 4.23. The van der Waals surface area contributed by atoms with Gasteiger partial charge in [0.15, 0.2) is 0 Å². The van der Waals surface area contributed by atoms with E-state index in [2.05, 4.69) is 0 Å². The summed E-state index contributed by atoms with van der Waals surface area (Å²) in [5.41, 5.74) is -1.15. The van der Waals surface area contributed by atoms with Crippen LogP contribution in [-0.2, 0) is 27.2 Å². The van der Waals surface area contributed by atoms with E-state index in [0.29, 0.717) is 0 Å². The molecule has 2 unspecified atom stereocenters. The monoisotopic (exact) mass is 330 g/mol. The van der Waals surface area contributed by atoms with Crippen molar-refractivity contribution in [3.8, 4) is 0 Å². The minimum atomic E-state index is -3.34. The molecule has 122 valence electrons. The second-order valence-corrected chi connectivity index (χ2v) is 9.05. The molecule has 0 saturated carbocycles. The van der Waals surface area contributed by atoms with Gasteiger partial charge in [-0.1, -0.05) is 13.8 Å². The van der Waals surface area contributed by atoms with E-state index in [-0.39, 0.29) is 26.4 Å². The Bertz CT molecular complexity index is 306. The van der Waals surface area contributed by atoms with Gasteiger partial charge in [-0.25, -0.2) is 0 Å². The predicted molar refractivity (Wildman–Crippen MR) is 80.6 cm³/mol. The zero-order valence-electron chi connectivity index (χ0n) is 13.3. The molecule has 20 heavy (non-hydrogen) atoms. The lowest BCUT2D eigenvalue weighted by atomic mass is 10.4. The molecular weight excluding hydrogens is 302 g/mol. The lowest BCUT2D eigenvalue weighted by Crippen LogP contribution is -2.25. The number of rotatable bonds is 11. The summed E-state index contributed by atoms with van der Waals surface area (Å²) in [6, 6.07) is 0. The van der Waals surface area contributed by atoms with Crippen LogP contribution in [0.1, 0.15) is 41.5 Å². The first-order valence-corrected chi connectivity index (χ1v) is 10.3. The molecule has 0 heterocycles. The predicted octanol–water partition coefficient (Wildman–Crippen LogP) is 4.30. The topological polar surface area (TPSA) is 71.1 Å². The molecule has 0 amide bonds. The van der Waals surface area contributed by atoms with Crippen LogP contribution in [0.15, 0.2) is 0 Å². The van der Waals surface area contributed by atoms with Crippen LogP contribution in [0.2, 0.25) is 0 Å². The maximum absolute atomic E-state index is 12.7. The van der Waals surface area contributed by atoms with Gasteiger partial charge in [-0.2, -0.15) is 0 Å². The molecule has 6 nitrogen and oxygen atoms in total. The molecule has 2 atom stereocenters. The Morgan fingerprint density at radius 3 is 1.00 bits per heavy atom. The molecule has 8 heteroatoms. The Morgan fingerprint density at radius 1 is 0.650 bits per heavy atom. The van der Waals surface area contributed by atoms with E-state index in [0.717, 1.165) is 0 Å². The molecule has 0 aliphatic rings. The van der Waals surface area contributed by atoms with Crippen molar-refractivity contribution in [1.82, 2.24) is 0 Å². The smallest absolute Gasteiger partial charge is 0.309 e. The third-order valence-electron chi connectivity index (χ3n) is 2.93. The Labute approximate surface area is 122 Å². The summed E-state index contributed by atoms with van der Waals surface area (Å²) in [5, 5.41) is 0. The van der Waals surface area contributed by atoms with Crippen molar-refractivity contribution in [2.24, 2.45) is 0 Å². The maximum atomic E-state index is 12.7. The van der Waals surface area contributed by atoms with E-state index in [1.54, 1.807) is 41.5 Å². The Balaban J connectivity index is 5.25. The van der Waals surface area contributed by atoms with Gasteiger partial charge in [0, 0.05) is 0 Å². The fraction of sp³-hybridized carbons (Fsp3) is 1.00. The van der Waals surface area contributed by atoms with Crippen LogP contribution in [-0.4, -0.2) is 37.7 Å². The third kappa shape index (κ3) is 5.25. The van der Waals surface area contributed by atoms with E-state index in [9.17, 15) is 9.13 Å². The van der Waals surface area contributed by atoms with Crippen molar-refractivity contribution in [2.45, 2.75) is 52.9 Å². The first-order valence-electron chi connectivity index (χ1n) is 7.08. The van der Waals surface area contributed by atoms with Gasteiger partial charge in [0.25, 0.3) is 0 Å². The van der Waals surface area contributed by atoms with Gasteiger partial charge in [0.2, 0.25) is 0 Å². The molecule has 0 N–H and O–H groups in total. The molecule has 0 spiro atoms. The van der Waals surface area contributed by atoms with Crippen molar-refractivity contribution >= 4 is 15.2 Å². The molecular formula is C12H28O6P2. The highest BCUT2D eigenvalue weighted by atomic mass is 31.2. The van der Waals surface area contributed by atoms with Gasteiger partial charge in [0.05, 0.1) is 37.7 Å². The van der Waals surface area contributed by atoms with Crippen molar-refractivity contribution in [1.29, 1.82) is 0 Å². The molecule has 0 saturated heterocycles. The second kappa shape index (κ2) is 9.34. The molecule has 0 rings (SSSR count). The van der Waals surface area contributed by atoms with E-state index >= 15 is 0 Å². The Morgan fingerprint density at radius 2 is 0.850 bits per heavy atom. The summed E-state index contributed by atoms with van der Waals surface area (Å²) in [7, 11) is -6.69. The first-order chi connectivity index (χ1) is 9.31. The molecule has 0 radical (unpaired) electrons. The number of hydrogen-bond donors (Lipinski definition) is 0. The summed E-state index contributed by atoms with van der Waals surface area (Å²) in [4.78, 5) is 0. The number of hydrogen-bond acceptors (Lipinski definition) is 6. The maximum Gasteiger partial charge on any atom is 0.334 e. The van der Waals surface area contributed by atoms with Gasteiger partial charge in [-0.05, 0) is 27.7 Å². The van der Waals surface area contributed by atoms with Crippen molar-refractivity contribution < 1.29 is 27.2 Å². The molecule has 0 aliphatic carbocycles. The van der Waals surface area contributed by atoms with Crippen LogP contribution in [0.5, 0.6) is 0 Å². The quantitative estimate of drug-likeness (QED) is 0.526. The first kappa shape index (κ1) is 20.3. The minimum Gasteiger partial charge on any atom is -0.309 e. The van der Waals surface area contributed by atoms with Crippen LogP contribution in [0, 0.1) is 0 Å². The van der Waals surface area contributed by atoms with Crippen molar-refractivity contribution in [3.63, 3.8) is 0 Å². The molecule has 0 aromatic rings. The minimum absolute atomic E-state index is 0.266. The molecule has 0 bridgehead atoms. The lowest BCUT2D eigenvalue weighted by Gasteiger charge is -2.31. The molecule has 0 aromatic carbocycles. The van der Waals surface area contributed by atoms with Crippen LogP contribution >= 0.6 is 15.2 Å². The van der Waals surface area contributed by atoms with Gasteiger partial charge in [-0.15, -0.1) is 0 Å². The average Bonchev–Trinajstić information content (AvgIpc) is 2.38. The van der Waals surface area contributed by atoms with E-state index in [1.165, 1.54) is 0 Å². The zero-order valence-corrected chi connectivity index (χ0v) is 15.1. The summed E-state index contributed by atoms with van der Waals surface area (Å²) < 4.78 is 46.7. The van der Waals surface area contributed by atoms with Crippen molar-refractivity contribution in [2.75, 3.05) is 26.4 Å². The van der Waals surface area contributed by atoms with Crippen LogP contribution in [0.4, 0.5) is 0 Å². The summed E-state index contributed by atoms with van der Waals surface area (Å²) in [6.07, 6.45) is 0. The van der Waals surface area contributed by atoms with E-state index < -0.39 is 26.5 Å². The molecule has 0 aromatic heterocycles. The van der Waals surface area contributed by atoms with Crippen LogP contribution in [0.3, 0.4) is 0 Å². The highest BCUT2D eigenvalue weighted by molar-refractivity contribution is 7.59. The Hall–Kier alpha value is 0.300. The van der Waals surface area contributed by atoms with E-state index in [4.69, 9.17) is 18.1 Å². The third-order valence-corrected chi connectivity index (χ3v) is 8.53. The fourth-order valence-corrected chi connectivity index (χ4v) is 6.36. The fourth-order valence-electron chi connectivity index (χ4n) is 1.79. The van der Waals surface area contributed by atoms with E-state index in [1.807, 2.05) is 0 Å². The summed E-state index contributed by atoms with van der Waals surface area (Å²) >= 11 is 0. The van der Waals surface area contributed by atoms with Gasteiger partial charge in [0.1, 0.15) is 0 Å². The molecule has 0 aliphatic heterocycles. The van der Waals surface area contributed by atoms with Crippen LogP contribution in [0.25, 0.3) is 0 Å². The average molecular weight is 330 g/mol. The standard InChI is InChI=1S/C12H28O6P2/c1-7-15-19(13,16-8-2)11(5)12(6)20(14,17-9-3)18-10-4/h11-12H,7-10H2,1-6H3. The molecule has 0 fully saturated rings.